The molecule has 0 aliphatic heterocycles. The fraction of sp³-hybridized carbons (Fsp3) is 0. The van der Waals surface area contributed by atoms with Crippen molar-refractivity contribution in [3.63, 3.8) is 0 Å². The van der Waals surface area contributed by atoms with Gasteiger partial charge in [-0.1, -0.05) is 217 Å². The summed E-state index contributed by atoms with van der Waals surface area (Å²) in [7, 11) is 0. The number of nitrogens with zero attached hydrogens (tertiary/aromatic N) is 1. The molecule has 0 atom stereocenters. The predicted molar refractivity (Wildman–Crippen MR) is 270 cm³/mol. The van der Waals surface area contributed by atoms with Crippen LogP contribution in [-0.2, 0) is 0 Å². The van der Waals surface area contributed by atoms with Crippen molar-refractivity contribution in [1.29, 1.82) is 0 Å². The summed E-state index contributed by atoms with van der Waals surface area (Å²) in [5.74, 6) is 0. The Morgan fingerprint density at radius 3 is 1.44 bits per heavy atom. The fourth-order valence-corrected chi connectivity index (χ4v) is 10.8. The van der Waals surface area contributed by atoms with Crippen molar-refractivity contribution in [1.82, 2.24) is 0 Å². The van der Waals surface area contributed by atoms with Crippen LogP contribution in [0.1, 0.15) is 0 Å². The smallest absolute Gasteiger partial charge is 0.243 e. The van der Waals surface area contributed by atoms with Gasteiger partial charge in [-0.05, 0) is 106 Å². The van der Waals surface area contributed by atoms with E-state index in [1.54, 1.807) is 0 Å². The molecular formula is C60H38BN. The lowest BCUT2D eigenvalue weighted by molar-refractivity contribution is 1.31. The summed E-state index contributed by atoms with van der Waals surface area (Å²) in [5, 5.41) is 20.3. The highest BCUT2D eigenvalue weighted by Gasteiger charge is 2.29. The van der Waals surface area contributed by atoms with E-state index >= 15 is 0 Å². The molecule has 13 rings (SSSR count). The first-order valence-corrected chi connectivity index (χ1v) is 21.6. The highest BCUT2D eigenvalue weighted by molar-refractivity contribution is 6.99. The van der Waals surface area contributed by atoms with E-state index in [9.17, 15) is 0 Å². The van der Waals surface area contributed by atoms with Gasteiger partial charge in [-0.25, -0.2) is 0 Å². The van der Waals surface area contributed by atoms with Crippen molar-refractivity contribution in [3.8, 4) is 0 Å². The van der Waals surface area contributed by atoms with Crippen LogP contribution in [0.5, 0.6) is 0 Å². The molecule has 13 aromatic carbocycles. The zero-order valence-corrected chi connectivity index (χ0v) is 34.0. The summed E-state index contributed by atoms with van der Waals surface area (Å²) in [4.78, 5) is 2.48. The lowest BCUT2D eigenvalue weighted by Gasteiger charge is -2.29. The quantitative estimate of drug-likeness (QED) is 0.0922. The van der Waals surface area contributed by atoms with Crippen LogP contribution in [0.4, 0.5) is 17.1 Å². The minimum absolute atomic E-state index is 0.0178. The SMILES string of the molecule is c1ccc(N(c2ccc3ccc4ccccc4c3c2)c2ccc3ccc4c(B(c5cccc6ccccc56)c5cccc6ccccc56)ccc5c6ccccc6c2c3c45)cc1. The Labute approximate surface area is 360 Å². The van der Waals surface area contributed by atoms with Crippen molar-refractivity contribution in [2.45, 2.75) is 0 Å². The fourth-order valence-electron chi connectivity index (χ4n) is 10.8. The van der Waals surface area contributed by atoms with Crippen LogP contribution in [0.3, 0.4) is 0 Å². The number of hydrogen-bond donors (Lipinski definition) is 0. The van der Waals surface area contributed by atoms with Crippen LogP contribution < -0.4 is 21.3 Å². The molecule has 0 heterocycles. The standard InChI is InChI=1S/C60H38BN/c1-2-19-44(20-3-1)62(45-33-30-42-29-28-41-16-4-7-21-46(41)53(42)38-45)57-37-32-43-31-34-52-56(36-35-51-49-24-10-11-25-50(49)60(57)58(43)59(51)52)61(54-26-12-17-39-14-5-8-22-47(39)54)55-27-13-18-40-15-6-9-23-48(40)55/h1-38H. The summed E-state index contributed by atoms with van der Waals surface area (Å²) < 4.78 is 0. The van der Waals surface area contributed by atoms with Crippen molar-refractivity contribution < 1.29 is 0 Å². The van der Waals surface area contributed by atoms with E-state index in [1.165, 1.54) is 108 Å². The number of benzene rings is 13. The van der Waals surface area contributed by atoms with Crippen LogP contribution in [-0.4, -0.2) is 6.71 Å². The Bertz CT molecular complexity index is 3800. The summed E-state index contributed by atoms with van der Waals surface area (Å²) >= 11 is 0. The molecule has 62 heavy (non-hydrogen) atoms. The Kier molecular flexibility index (Phi) is 7.77. The number of anilines is 3. The molecule has 0 aromatic heterocycles. The minimum Gasteiger partial charge on any atom is -0.310 e. The minimum atomic E-state index is -0.0178. The second kappa shape index (κ2) is 13.8. The number of rotatable bonds is 6. The summed E-state index contributed by atoms with van der Waals surface area (Å²) in [6, 6.07) is 85.9. The molecule has 0 radical (unpaired) electrons. The topological polar surface area (TPSA) is 3.24 Å². The monoisotopic (exact) mass is 783 g/mol. The van der Waals surface area contributed by atoms with E-state index < -0.39 is 0 Å². The third-order valence-electron chi connectivity index (χ3n) is 13.5. The van der Waals surface area contributed by atoms with Gasteiger partial charge in [-0.15, -0.1) is 0 Å². The molecule has 0 bridgehead atoms. The third-order valence-corrected chi connectivity index (χ3v) is 13.5. The molecule has 286 valence electrons. The van der Waals surface area contributed by atoms with Crippen molar-refractivity contribution in [2.75, 3.05) is 4.90 Å². The van der Waals surface area contributed by atoms with Crippen molar-refractivity contribution in [2.24, 2.45) is 0 Å². The van der Waals surface area contributed by atoms with Gasteiger partial charge in [0.1, 0.15) is 0 Å². The summed E-state index contributed by atoms with van der Waals surface area (Å²) in [6.45, 7) is -0.0178. The first-order valence-electron chi connectivity index (χ1n) is 21.6. The summed E-state index contributed by atoms with van der Waals surface area (Å²) in [5.41, 5.74) is 7.37. The zero-order chi connectivity index (χ0) is 40.7. The molecule has 0 fully saturated rings. The molecule has 13 aromatic rings. The molecule has 1 nitrogen and oxygen atoms in total. The van der Waals surface area contributed by atoms with E-state index in [0.29, 0.717) is 0 Å². The first-order chi connectivity index (χ1) is 30.8. The second-order valence-corrected chi connectivity index (χ2v) is 16.7. The lowest BCUT2D eigenvalue weighted by Crippen LogP contribution is -2.52. The van der Waals surface area contributed by atoms with Gasteiger partial charge >= 0.3 is 0 Å². The third kappa shape index (κ3) is 5.23. The van der Waals surface area contributed by atoms with Gasteiger partial charge in [0, 0.05) is 22.1 Å². The molecule has 0 saturated carbocycles. The molecule has 0 aliphatic carbocycles. The van der Waals surface area contributed by atoms with Crippen LogP contribution in [0.2, 0.25) is 0 Å². The maximum atomic E-state index is 2.48. The highest BCUT2D eigenvalue weighted by Crippen LogP contribution is 2.48. The van der Waals surface area contributed by atoms with Gasteiger partial charge in [0.05, 0.1) is 5.69 Å². The van der Waals surface area contributed by atoms with Crippen LogP contribution >= 0.6 is 0 Å². The Balaban J connectivity index is 1.15. The Hall–Kier alpha value is -7.94. The van der Waals surface area contributed by atoms with Gasteiger partial charge < -0.3 is 4.90 Å². The molecule has 0 amide bonds. The number of fused-ring (bicyclic) bond motifs is 8. The molecule has 0 N–H and O–H groups in total. The van der Waals surface area contributed by atoms with E-state index in [-0.39, 0.29) is 6.71 Å². The van der Waals surface area contributed by atoms with E-state index in [0.717, 1.165) is 11.4 Å². The normalized spacial score (nSPS) is 11.9. The van der Waals surface area contributed by atoms with E-state index in [1.807, 2.05) is 0 Å². The second-order valence-electron chi connectivity index (χ2n) is 16.7. The van der Waals surface area contributed by atoms with E-state index in [4.69, 9.17) is 0 Å². The molecular weight excluding hydrogens is 745 g/mol. The molecule has 0 aliphatic rings. The van der Waals surface area contributed by atoms with Gasteiger partial charge in [-0.2, -0.15) is 0 Å². The average Bonchev–Trinajstić information content (AvgIpc) is 3.34. The number of hydrogen-bond acceptors (Lipinski definition) is 1. The maximum Gasteiger partial charge on any atom is 0.243 e. The van der Waals surface area contributed by atoms with Gasteiger partial charge in [0.25, 0.3) is 0 Å². The van der Waals surface area contributed by atoms with Crippen molar-refractivity contribution >= 4 is 126 Å². The molecule has 2 heteroatoms. The van der Waals surface area contributed by atoms with Crippen LogP contribution in [0, 0.1) is 0 Å². The molecule has 0 spiro atoms. The first kappa shape index (κ1) is 34.9. The van der Waals surface area contributed by atoms with E-state index in [2.05, 4.69) is 235 Å². The molecule has 0 saturated heterocycles. The van der Waals surface area contributed by atoms with Crippen LogP contribution in [0.15, 0.2) is 231 Å². The zero-order valence-electron chi connectivity index (χ0n) is 34.0. The average molecular weight is 784 g/mol. The van der Waals surface area contributed by atoms with Gasteiger partial charge in [0.2, 0.25) is 6.71 Å². The molecule has 0 unspecified atom stereocenters. The van der Waals surface area contributed by atoms with Crippen LogP contribution in [0.25, 0.3) is 86.2 Å². The Morgan fingerprint density at radius 1 is 0.242 bits per heavy atom. The summed E-state index contributed by atoms with van der Waals surface area (Å²) in [6.07, 6.45) is 0. The number of para-hydroxylation sites is 1. The lowest BCUT2D eigenvalue weighted by atomic mass is 9.35. The highest BCUT2D eigenvalue weighted by atomic mass is 15.1. The predicted octanol–water partition coefficient (Wildman–Crippen LogP) is 14.3. The largest absolute Gasteiger partial charge is 0.310 e. The Morgan fingerprint density at radius 2 is 0.726 bits per heavy atom. The van der Waals surface area contributed by atoms with Gasteiger partial charge in [0.15, 0.2) is 0 Å². The maximum absolute atomic E-state index is 2.48. The van der Waals surface area contributed by atoms with Crippen molar-refractivity contribution in [3.05, 3.63) is 231 Å². The van der Waals surface area contributed by atoms with Gasteiger partial charge in [-0.3, -0.25) is 0 Å².